The number of fused-ring (bicyclic) bond motifs is 1. The Morgan fingerprint density at radius 1 is 0.716 bits per heavy atom. The number of amides is 4. The van der Waals surface area contributed by atoms with Crippen molar-refractivity contribution in [2.45, 2.75) is 138 Å². The van der Waals surface area contributed by atoms with Crippen molar-refractivity contribution >= 4 is 57.9 Å². The van der Waals surface area contributed by atoms with Crippen LogP contribution in [-0.4, -0.2) is 191 Å². The van der Waals surface area contributed by atoms with Crippen LogP contribution in [0.5, 0.6) is 0 Å². The van der Waals surface area contributed by atoms with Crippen molar-refractivity contribution in [2.75, 3.05) is 103 Å². The van der Waals surface area contributed by atoms with E-state index in [1.54, 1.807) is 6.33 Å². The second kappa shape index (κ2) is 26.4. The van der Waals surface area contributed by atoms with Crippen molar-refractivity contribution in [3.63, 3.8) is 0 Å². The summed E-state index contributed by atoms with van der Waals surface area (Å²) in [6, 6.07) is 16.8. The first-order chi connectivity index (χ1) is 39.4. The third-order valence-corrected chi connectivity index (χ3v) is 19.3. The second-order valence-corrected chi connectivity index (χ2v) is 25.0. The largest absolute Gasteiger partial charge is 0.375 e. The van der Waals surface area contributed by atoms with E-state index < -0.39 is 11.6 Å². The molecule has 7 heterocycles. The molecule has 2 aromatic carbocycles. The minimum atomic E-state index is -1.01. The minimum absolute atomic E-state index is 0.102. The molecule has 2 saturated carbocycles. The van der Waals surface area contributed by atoms with Crippen LogP contribution in [-0.2, 0) is 23.9 Å². The van der Waals surface area contributed by atoms with Crippen LogP contribution >= 0.6 is 11.6 Å². The number of hydrogen-bond donors (Lipinski definition) is 4. The monoisotopic (exact) mass is 1130 g/mol. The maximum absolute atomic E-state index is 14.2. The van der Waals surface area contributed by atoms with Crippen LogP contribution in [0, 0.1) is 11.8 Å². The molecule has 11 rings (SSSR count). The number of piperazine rings is 1. The Morgan fingerprint density at radius 2 is 1.42 bits per heavy atom. The van der Waals surface area contributed by atoms with Gasteiger partial charge in [-0.3, -0.25) is 38.7 Å². The van der Waals surface area contributed by atoms with E-state index in [-0.39, 0.29) is 59.5 Å². The van der Waals surface area contributed by atoms with Gasteiger partial charge in [-0.05, 0) is 131 Å². The summed E-state index contributed by atoms with van der Waals surface area (Å²) in [5, 5.41) is 8.17. The maximum Gasteiger partial charge on any atom is 0.251 e. The van der Waals surface area contributed by atoms with E-state index in [9.17, 15) is 24.0 Å². The normalized spacial score (nSPS) is 23.0. The van der Waals surface area contributed by atoms with Gasteiger partial charge in [-0.2, -0.15) is 0 Å². The van der Waals surface area contributed by atoms with Gasteiger partial charge in [0, 0.05) is 114 Å². The van der Waals surface area contributed by atoms with Crippen LogP contribution in [0.4, 0.5) is 5.82 Å². The summed E-state index contributed by atoms with van der Waals surface area (Å²) in [5.41, 5.74) is 9.32. The maximum atomic E-state index is 14.2. The highest BCUT2D eigenvalue weighted by molar-refractivity contribution is 6.30. The number of hydrogen-bond acceptors (Lipinski definition) is 13. The number of H-pyrrole nitrogens is 1. The Kier molecular flexibility index (Phi) is 18.7. The van der Waals surface area contributed by atoms with Gasteiger partial charge in [-0.15, -0.1) is 0 Å². The number of nitrogens with two attached hydrogens (primary N) is 1. The lowest BCUT2D eigenvalue weighted by molar-refractivity contribution is -0.135. The minimum Gasteiger partial charge on any atom is -0.375 e. The molecule has 2 aliphatic carbocycles. The molecule has 4 amide bonds. The number of halogens is 1. The van der Waals surface area contributed by atoms with E-state index in [1.165, 1.54) is 6.42 Å². The molecule has 2 aromatic heterocycles. The molecule has 4 aromatic rings. The van der Waals surface area contributed by atoms with E-state index in [4.69, 9.17) is 22.1 Å². The van der Waals surface area contributed by atoms with Gasteiger partial charge in [0.2, 0.25) is 17.7 Å². The molecular weight excluding hydrogens is 1040 g/mol. The van der Waals surface area contributed by atoms with Crippen molar-refractivity contribution < 1.29 is 28.7 Å². The number of aromatic nitrogens is 3. The van der Waals surface area contributed by atoms with Gasteiger partial charge in [0.15, 0.2) is 5.78 Å². The molecule has 7 aliphatic rings. The van der Waals surface area contributed by atoms with Crippen molar-refractivity contribution in [3.8, 4) is 0 Å². The van der Waals surface area contributed by atoms with Crippen LogP contribution in [0.2, 0.25) is 5.02 Å². The van der Waals surface area contributed by atoms with Gasteiger partial charge in [0.05, 0.1) is 48.3 Å². The van der Waals surface area contributed by atoms with E-state index >= 15 is 0 Å². The average Bonchev–Trinajstić information content (AvgIpc) is 4.26. The van der Waals surface area contributed by atoms with Crippen molar-refractivity contribution in [1.82, 2.24) is 50.1 Å². The number of nitrogens with zero attached hydrogens (tertiary/aromatic N) is 8. The molecule has 5 aliphatic heterocycles. The summed E-state index contributed by atoms with van der Waals surface area (Å²) in [5.74, 6) is 1.63. The predicted molar refractivity (Wildman–Crippen MR) is 313 cm³/mol. The Morgan fingerprint density at radius 3 is 2.12 bits per heavy atom. The predicted octanol–water partition coefficient (Wildman–Crippen LogP) is 6.31. The zero-order valence-electron chi connectivity index (χ0n) is 47.3. The van der Waals surface area contributed by atoms with Gasteiger partial charge >= 0.3 is 0 Å². The number of aromatic amines is 1. The highest BCUT2D eigenvalue weighted by Crippen LogP contribution is 2.36. The number of ketones is 1. The van der Waals surface area contributed by atoms with Gasteiger partial charge in [0.1, 0.15) is 17.8 Å². The number of rotatable bonds is 19. The number of piperidine rings is 4. The van der Waals surface area contributed by atoms with E-state index in [0.717, 1.165) is 157 Å². The zero-order chi connectivity index (χ0) is 55.9. The molecule has 436 valence electrons. The molecule has 19 heteroatoms. The summed E-state index contributed by atoms with van der Waals surface area (Å²) in [6.45, 7) is 10.3. The molecule has 5 N–H and O–H groups in total. The lowest BCUT2D eigenvalue weighted by Gasteiger charge is -2.40. The Bertz CT molecular complexity index is 2790. The number of nitrogens with one attached hydrogen (secondary N) is 3. The Hall–Kier alpha value is -5.50. The lowest BCUT2D eigenvalue weighted by Crippen LogP contribution is -2.60. The number of ether oxygens (including phenoxy) is 1. The Labute approximate surface area is 482 Å². The molecule has 1 unspecified atom stereocenters. The third kappa shape index (κ3) is 14.5. The SMILES string of the molecule is NC1(C(=O)N[C@@H](CCN2CCN(C(=O)CN3CCC(OC4CCN(CC(=O)[C@H](NC(=O)c5cccc(C6CCCN(C(=O)C7CC7)C6)c5)C5CCCCC5)CC4)CC3)CC2)c2ccc(Cl)cc2)CCN(c2ncnc3[nH]ccc23)CC1. The number of carbonyl (C=O) groups is 5. The number of likely N-dealkylation sites (tertiary alicyclic amines) is 3. The summed E-state index contributed by atoms with van der Waals surface area (Å²) < 4.78 is 6.70. The zero-order valence-corrected chi connectivity index (χ0v) is 48.1. The first kappa shape index (κ1) is 57.3. The van der Waals surface area contributed by atoms with Crippen LogP contribution in [0.25, 0.3) is 11.0 Å². The quantitative estimate of drug-likeness (QED) is 0.0814. The number of carbonyl (C=O) groups excluding carboxylic acids is 5. The summed E-state index contributed by atoms with van der Waals surface area (Å²) in [4.78, 5) is 93.9. The molecule has 81 heavy (non-hydrogen) atoms. The van der Waals surface area contributed by atoms with Crippen molar-refractivity contribution in [3.05, 3.63) is 88.8 Å². The molecule has 0 spiro atoms. The van der Waals surface area contributed by atoms with Crippen LogP contribution in [0.3, 0.4) is 0 Å². The molecule has 18 nitrogen and oxygen atoms in total. The summed E-state index contributed by atoms with van der Waals surface area (Å²) >= 11 is 6.29. The van der Waals surface area contributed by atoms with E-state index in [2.05, 4.69) is 51.3 Å². The lowest BCUT2D eigenvalue weighted by atomic mass is 9.82. The fourth-order valence-corrected chi connectivity index (χ4v) is 13.8. The molecule has 3 atom stereocenters. The van der Waals surface area contributed by atoms with Gasteiger partial charge < -0.3 is 40.8 Å². The number of Topliss-reactive ketones (excluding diaryl/α,β-unsaturated/α-hetero) is 1. The van der Waals surface area contributed by atoms with Crippen LogP contribution in [0.1, 0.15) is 136 Å². The number of benzene rings is 2. The third-order valence-electron chi connectivity index (χ3n) is 19.0. The molecule has 7 fully saturated rings. The standard InChI is InChI=1S/C62H85ClN12O6/c63-49-15-13-43(14-16-49)53(68-61(80)62(64)23-32-74(33-24-62)58-52-17-25-65-57(52)66-42-67-58)22-31-70-34-36-73(37-35-70)55(77)41-72-29-20-51(21-30-72)81-50-18-27-71(28-19-50)40-54(76)56(44-6-2-1-3-7-44)69-59(78)47-9-4-8-46(38-47)48-10-5-26-75(39-48)60(79)45-11-12-45/h4,8-9,13-17,25,38,42,44-45,48,50-51,53,56H,1-3,5-7,10-12,18-24,26-37,39-41,64H2,(H,68,80)(H,69,78)(H,65,66,67)/t48?,53-,56+/m0/s1. The average molecular weight is 1130 g/mol. The van der Waals surface area contributed by atoms with Crippen molar-refractivity contribution in [1.29, 1.82) is 0 Å². The summed E-state index contributed by atoms with van der Waals surface area (Å²) in [6.07, 6.45) is 18.1. The first-order valence-corrected chi connectivity index (χ1v) is 31.0. The summed E-state index contributed by atoms with van der Waals surface area (Å²) in [7, 11) is 0. The molecule has 0 bridgehead atoms. The first-order valence-electron chi connectivity index (χ1n) is 30.6. The van der Waals surface area contributed by atoms with Gasteiger partial charge in [-0.25, -0.2) is 9.97 Å². The van der Waals surface area contributed by atoms with Crippen molar-refractivity contribution in [2.24, 2.45) is 17.6 Å². The highest BCUT2D eigenvalue weighted by atomic mass is 35.5. The highest BCUT2D eigenvalue weighted by Gasteiger charge is 2.41. The molecule has 0 radical (unpaired) electrons. The van der Waals surface area contributed by atoms with Gasteiger partial charge in [-0.1, -0.05) is 55.1 Å². The number of anilines is 1. The van der Waals surface area contributed by atoms with Crippen LogP contribution in [0.15, 0.2) is 67.1 Å². The van der Waals surface area contributed by atoms with Gasteiger partial charge in [0.25, 0.3) is 5.91 Å². The molecule has 5 saturated heterocycles. The van der Waals surface area contributed by atoms with E-state index in [1.807, 2.05) is 64.5 Å². The second-order valence-electron chi connectivity index (χ2n) is 24.6. The Balaban J connectivity index is 0.587. The smallest absolute Gasteiger partial charge is 0.251 e. The topological polar surface area (TPSA) is 206 Å². The molecular formula is C62H85ClN12O6. The fraction of sp³-hybridized carbons (Fsp3) is 0.629. The van der Waals surface area contributed by atoms with E-state index in [0.29, 0.717) is 81.6 Å². The fourth-order valence-electron chi connectivity index (χ4n) is 13.7. The van der Waals surface area contributed by atoms with Crippen LogP contribution < -0.4 is 21.3 Å².